The minimum Gasteiger partial charge on any atom is -0.494 e. The van der Waals surface area contributed by atoms with Gasteiger partial charge in [-0.25, -0.2) is 4.79 Å². The summed E-state index contributed by atoms with van der Waals surface area (Å²) in [5.74, 6) is -0.0950. The van der Waals surface area contributed by atoms with Crippen LogP contribution in [0, 0.1) is 6.92 Å². The number of hydrogen-bond donors (Lipinski definition) is 0. The van der Waals surface area contributed by atoms with Crippen molar-refractivity contribution < 1.29 is 23.5 Å². The summed E-state index contributed by atoms with van der Waals surface area (Å²) in [4.78, 5) is 41.6. The summed E-state index contributed by atoms with van der Waals surface area (Å²) in [6.07, 6.45) is 2.61. The Labute approximate surface area is 227 Å². The molecule has 1 unspecified atom stereocenters. The lowest BCUT2D eigenvalue weighted by atomic mass is 9.97. The summed E-state index contributed by atoms with van der Waals surface area (Å²) < 4.78 is 17.1. The van der Waals surface area contributed by atoms with Crippen molar-refractivity contribution in [1.29, 1.82) is 0 Å². The Hall–Kier alpha value is -4.39. The summed E-state index contributed by atoms with van der Waals surface area (Å²) in [6.45, 7) is 6.93. The van der Waals surface area contributed by atoms with Crippen LogP contribution in [0.1, 0.15) is 76.8 Å². The molecule has 0 radical (unpaired) electrons. The molecule has 0 saturated heterocycles. The van der Waals surface area contributed by atoms with E-state index in [0.29, 0.717) is 46.7 Å². The Morgan fingerprint density at radius 2 is 1.67 bits per heavy atom. The SMILES string of the molecule is CCCCOC(=O)c1ccc(N2C(=O)c3oc4ccc(C)cc4c(=O)c3C2c2ccc(OCCC)cc2)cc1. The summed E-state index contributed by atoms with van der Waals surface area (Å²) in [5, 5.41) is 0.432. The molecule has 0 saturated carbocycles. The van der Waals surface area contributed by atoms with Gasteiger partial charge in [0.2, 0.25) is 5.76 Å². The number of esters is 1. The van der Waals surface area contributed by atoms with Gasteiger partial charge in [-0.15, -0.1) is 0 Å². The average Bonchev–Trinajstić information content (AvgIpc) is 3.25. The van der Waals surface area contributed by atoms with Crippen molar-refractivity contribution in [1.82, 2.24) is 0 Å². The van der Waals surface area contributed by atoms with Gasteiger partial charge in [0, 0.05) is 5.69 Å². The molecule has 200 valence electrons. The fraction of sp³-hybridized carbons (Fsp3) is 0.281. The second-order valence-corrected chi connectivity index (χ2v) is 9.71. The predicted octanol–water partition coefficient (Wildman–Crippen LogP) is 6.60. The number of benzene rings is 3. The third kappa shape index (κ3) is 5.04. The van der Waals surface area contributed by atoms with Crippen LogP contribution in [0.5, 0.6) is 5.75 Å². The number of amides is 1. The number of unbranched alkanes of at least 4 members (excludes halogenated alkanes) is 1. The lowest BCUT2D eigenvalue weighted by molar-refractivity contribution is 0.0499. The third-order valence-electron chi connectivity index (χ3n) is 6.81. The van der Waals surface area contributed by atoms with E-state index >= 15 is 0 Å². The van der Waals surface area contributed by atoms with Crippen molar-refractivity contribution in [3.05, 3.63) is 105 Å². The van der Waals surface area contributed by atoms with Crippen LogP contribution in [0.15, 0.2) is 75.9 Å². The first-order valence-electron chi connectivity index (χ1n) is 13.3. The van der Waals surface area contributed by atoms with E-state index in [4.69, 9.17) is 13.9 Å². The number of hydrogen-bond acceptors (Lipinski definition) is 6. The Bertz CT molecular complexity index is 1570. The topological polar surface area (TPSA) is 86.0 Å². The van der Waals surface area contributed by atoms with Crippen LogP contribution in [0.25, 0.3) is 11.0 Å². The Morgan fingerprint density at radius 3 is 2.36 bits per heavy atom. The number of rotatable bonds is 9. The van der Waals surface area contributed by atoms with Crippen LogP contribution in [0.3, 0.4) is 0 Å². The number of ether oxygens (including phenoxy) is 2. The number of carbonyl (C=O) groups excluding carboxylic acids is 2. The molecular weight excluding hydrogens is 494 g/mol. The summed E-state index contributed by atoms with van der Waals surface area (Å²) >= 11 is 0. The molecule has 0 aliphatic carbocycles. The summed E-state index contributed by atoms with van der Waals surface area (Å²) in [7, 11) is 0. The van der Waals surface area contributed by atoms with E-state index in [1.807, 2.05) is 51.1 Å². The number of nitrogens with zero attached hydrogens (tertiary/aromatic N) is 1. The number of carbonyl (C=O) groups is 2. The quantitative estimate of drug-likeness (QED) is 0.181. The van der Waals surface area contributed by atoms with Gasteiger partial charge in [0.05, 0.1) is 35.8 Å². The van der Waals surface area contributed by atoms with Crippen molar-refractivity contribution >= 4 is 28.5 Å². The first-order chi connectivity index (χ1) is 18.9. The maximum atomic E-state index is 13.8. The second kappa shape index (κ2) is 11.2. The zero-order chi connectivity index (χ0) is 27.5. The van der Waals surface area contributed by atoms with E-state index < -0.39 is 17.9 Å². The van der Waals surface area contributed by atoms with Gasteiger partial charge in [-0.1, -0.05) is 44.0 Å². The molecule has 39 heavy (non-hydrogen) atoms. The van der Waals surface area contributed by atoms with Crippen LogP contribution in [-0.4, -0.2) is 25.1 Å². The molecule has 1 aliphatic heterocycles. The molecule has 3 aromatic carbocycles. The fourth-order valence-electron chi connectivity index (χ4n) is 4.79. The number of aryl methyl sites for hydroxylation is 1. The maximum Gasteiger partial charge on any atom is 0.338 e. The molecule has 0 spiro atoms. The average molecular weight is 526 g/mol. The van der Waals surface area contributed by atoms with Gasteiger partial charge in [0.15, 0.2) is 5.43 Å². The Morgan fingerprint density at radius 1 is 0.923 bits per heavy atom. The first kappa shape index (κ1) is 26.2. The van der Waals surface area contributed by atoms with Gasteiger partial charge in [0.1, 0.15) is 11.3 Å². The van der Waals surface area contributed by atoms with Gasteiger partial charge in [-0.05, 0) is 73.9 Å². The van der Waals surface area contributed by atoms with Crippen molar-refractivity contribution in [3.8, 4) is 5.75 Å². The molecular formula is C32H31NO6. The van der Waals surface area contributed by atoms with Crippen LogP contribution in [0.4, 0.5) is 5.69 Å². The molecule has 1 atom stereocenters. The molecule has 7 nitrogen and oxygen atoms in total. The highest BCUT2D eigenvalue weighted by Crippen LogP contribution is 2.41. The van der Waals surface area contributed by atoms with Crippen molar-refractivity contribution in [2.45, 2.75) is 46.1 Å². The van der Waals surface area contributed by atoms with Crippen molar-refractivity contribution in [2.75, 3.05) is 18.1 Å². The third-order valence-corrected chi connectivity index (χ3v) is 6.81. The minimum atomic E-state index is -0.712. The second-order valence-electron chi connectivity index (χ2n) is 9.71. The van der Waals surface area contributed by atoms with Gasteiger partial charge in [0.25, 0.3) is 5.91 Å². The molecule has 1 aliphatic rings. The lowest BCUT2D eigenvalue weighted by Crippen LogP contribution is -2.29. The molecule has 4 aromatic rings. The van der Waals surface area contributed by atoms with E-state index in [1.165, 1.54) is 0 Å². The molecule has 1 amide bonds. The van der Waals surface area contributed by atoms with E-state index in [1.54, 1.807) is 41.3 Å². The standard InChI is InChI=1S/C32H31NO6/c1-4-6-18-38-32(36)22-8-12-23(13-9-22)33-28(21-10-14-24(15-11-21)37-17-5-2)27-29(34)25-19-20(3)7-16-26(25)39-30(27)31(33)35/h7-16,19,28H,4-6,17-18H2,1-3H3. The minimum absolute atomic E-state index is 0.0238. The van der Waals surface area contributed by atoms with Crippen LogP contribution < -0.4 is 15.1 Å². The highest BCUT2D eigenvalue weighted by Gasteiger charge is 2.43. The number of fused-ring (bicyclic) bond motifs is 2. The van der Waals surface area contributed by atoms with E-state index in [9.17, 15) is 14.4 Å². The molecule has 7 heteroatoms. The highest BCUT2D eigenvalue weighted by molar-refractivity contribution is 6.10. The van der Waals surface area contributed by atoms with Gasteiger partial charge in [-0.3, -0.25) is 14.5 Å². The normalized spacial score (nSPS) is 14.5. The van der Waals surface area contributed by atoms with E-state index in [0.717, 1.165) is 30.4 Å². The summed E-state index contributed by atoms with van der Waals surface area (Å²) in [6, 6.07) is 18.7. The predicted molar refractivity (Wildman–Crippen MR) is 150 cm³/mol. The highest BCUT2D eigenvalue weighted by atomic mass is 16.5. The molecule has 2 heterocycles. The largest absolute Gasteiger partial charge is 0.494 e. The van der Waals surface area contributed by atoms with Crippen molar-refractivity contribution in [2.24, 2.45) is 0 Å². The maximum absolute atomic E-state index is 13.8. The van der Waals surface area contributed by atoms with Crippen molar-refractivity contribution in [3.63, 3.8) is 0 Å². The summed E-state index contributed by atoms with van der Waals surface area (Å²) in [5.41, 5.74) is 3.02. The van der Waals surface area contributed by atoms with Crippen LogP contribution >= 0.6 is 0 Å². The zero-order valence-electron chi connectivity index (χ0n) is 22.4. The Balaban J connectivity index is 1.59. The smallest absolute Gasteiger partial charge is 0.338 e. The van der Waals surface area contributed by atoms with E-state index in [2.05, 4.69) is 0 Å². The zero-order valence-corrected chi connectivity index (χ0v) is 22.4. The Kier molecular flexibility index (Phi) is 7.50. The van der Waals surface area contributed by atoms with Crippen LogP contribution in [-0.2, 0) is 4.74 Å². The molecule has 0 bridgehead atoms. The van der Waals surface area contributed by atoms with Gasteiger partial charge < -0.3 is 13.9 Å². The molecule has 0 fully saturated rings. The van der Waals surface area contributed by atoms with E-state index in [-0.39, 0.29) is 11.2 Å². The van der Waals surface area contributed by atoms with Gasteiger partial charge in [-0.2, -0.15) is 0 Å². The van der Waals surface area contributed by atoms with Crippen LogP contribution in [0.2, 0.25) is 0 Å². The lowest BCUT2D eigenvalue weighted by Gasteiger charge is -2.25. The molecule has 1 aromatic heterocycles. The monoisotopic (exact) mass is 525 g/mol. The van der Waals surface area contributed by atoms with Gasteiger partial charge >= 0.3 is 5.97 Å². The molecule has 0 N–H and O–H groups in total. The first-order valence-corrected chi connectivity index (χ1v) is 13.3. The fourth-order valence-corrected chi connectivity index (χ4v) is 4.79. The number of anilines is 1. The molecule has 5 rings (SSSR count).